The fraction of sp³-hybridized carbons (Fsp3) is 0.444. The van der Waals surface area contributed by atoms with E-state index in [0.717, 1.165) is 53.4 Å². The predicted octanol–water partition coefficient (Wildman–Crippen LogP) is 3.53. The number of carbonyl (C=O) groups excluding carboxylic acids is 1. The minimum Gasteiger partial charge on any atom is -0.382 e. The highest BCUT2D eigenvalue weighted by atomic mass is 35.5. The Morgan fingerprint density at radius 3 is 3.09 bits per heavy atom. The number of carbonyl (C=O) groups is 1. The molecule has 1 heterocycles. The first-order valence-corrected chi connectivity index (χ1v) is 8.55. The highest BCUT2D eigenvalue weighted by Crippen LogP contribution is 2.31. The molecule has 0 atom stereocenters. The smallest absolute Gasteiger partial charge is 0.252 e. The van der Waals surface area contributed by atoms with E-state index in [1.165, 1.54) is 0 Å². The van der Waals surface area contributed by atoms with E-state index in [1.807, 2.05) is 25.1 Å². The Kier molecular flexibility index (Phi) is 5.13. The number of nitrogens with one attached hydrogen (secondary N) is 1. The zero-order chi connectivity index (χ0) is 16.2. The van der Waals surface area contributed by atoms with Crippen LogP contribution >= 0.6 is 11.6 Å². The van der Waals surface area contributed by atoms with E-state index >= 15 is 0 Å². The van der Waals surface area contributed by atoms with Gasteiger partial charge in [-0.15, -0.1) is 0 Å². The van der Waals surface area contributed by atoms with E-state index in [4.69, 9.17) is 21.3 Å². The number of pyridine rings is 1. The van der Waals surface area contributed by atoms with Crippen molar-refractivity contribution in [1.82, 2.24) is 10.3 Å². The van der Waals surface area contributed by atoms with Crippen molar-refractivity contribution in [2.75, 3.05) is 19.8 Å². The van der Waals surface area contributed by atoms with Gasteiger partial charge in [0.15, 0.2) is 0 Å². The van der Waals surface area contributed by atoms with Crippen LogP contribution in [0.2, 0.25) is 5.02 Å². The van der Waals surface area contributed by atoms with Crippen LogP contribution in [0.5, 0.6) is 0 Å². The number of hydrogen-bond acceptors (Lipinski definition) is 3. The lowest BCUT2D eigenvalue weighted by molar-refractivity contribution is 0.0945. The second-order valence-corrected chi connectivity index (χ2v) is 6.17. The maximum atomic E-state index is 12.7. The number of aryl methyl sites for hydroxylation is 1. The predicted molar refractivity (Wildman–Crippen MR) is 92.2 cm³/mol. The van der Waals surface area contributed by atoms with Crippen LogP contribution in [0, 0.1) is 0 Å². The molecular weight excluding hydrogens is 312 g/mol. The molecular formula is C18H21ClN2O2. The number of fused-ring (bicyclic) bond motifs is 2. The van der Waals surface area contributed by atoms with Crippen molar-refractivity contribution in [2.24, 2.45) is 0 Å². The molecule has 1 aromatic heterocycles. The van der Waals surface area contributed by atoms with Crippen molar-refractivity contribution < 1.29 is 9.53 Å². The summed E-state index contributed by atoms with van der Waals surface area (Å²) >= 11 is 6.13. The maximum absolute atomic E-state index is 12.7. The second-order valence-electron chi connectivity index (χ2n) is 5.73. The fourth-order valence-electron chi connectivity index (χ4n) is 3.10. The molecule has 0 saturated heterocycles. The van der Waals surface area contributed by atoms with Gasteiger partial charge >= 0.3 is 0 Å². The van der Waals surface area contributed by atoms with Crippen molar-refractivity contribution in [1.29, 1.82) is 0 Å². The van der Waals surface area contributed by atoms with E-state index in [1.54, 1.807) is 0 Å². The number of benzene rings is 1. The Morgan fingerprint density at radius 1 is 1.39 bits per heavy atom. The molecule has 4 nitrogen and oxygen atoms in total. The summed E-state index contributed by atoms with van der Waals surface area (Å²) in [5.41, 5.74) is 3.73. The first kappa shape index (κ1) is 16.2. The topological polar surface area (TPSA) is 51.2 Å². The van der Waals surface area contributed by atoms with Gasteiger partial charge in [0.1, 0.15) is 0 Å². The molecule has 1 aliphatic carbocycles. The lowest BCUT2D eigenvalue weighted by Gasteiger charge is -2.13. The molecule has 1 amide bonds. The van der Waals surface area contributed by atoms with Crippen molar-refractivity contribution in [3.63, 3.8) is 0 Å². The standard InChI is InChI=1S/C18H21ClN2O2/c1-2-23-10-4-9-20-18(22)17-13-5-3-6-15(13)21-16-8-7-12(19)11-14(16)17/h7-8,11H,2-6,9-10H2,1H3,(H,20,22). The molecule has 0 radical (unpaired) electrons. The van der Waals surface area contributed by atoms with Gasteiger partial charge in [-0.1, -0.05) is 11.6 Å². The third-order valence-electron chi connectivity index (χ3n) is 4.16. The molecule has 1 N–H and O–H groups in total. The van der Waals surface area contributed by atoms with Crippen molar-refractivity contribution >= 4 is 28.4 Å². The normalized spacial score (nSPS) is 13.3. The lowest BCUT2D eigenvalue weighted by atomic mass is 10.0. The number of aromatic nitrogens is 1. The van der Waals surface area contributed by atoms with E-state index in [-0.39, 0.29) is 5.91 Å². The van der Waals surface area contributed by atoms with Gasteiger partial charge in [0, 0.05) is 35.9 Å². The monoisotopic (exact) mass is 332 g/mol. The number of hydrogen-bond donors (Lipinski definition) is 1. The van der Waals surface area contributed by atoms with Crippen LogP contribution in [0.4, 0.5) is 0 Å². The number of halogens is 1. The molecule has 0 unspecified atom stereocenters. The minimum atomic E-state index is -0.0330. The molecule has 3 rings (SSSR count). The van der Waals surface area contributed by atoms with Crippen LogP contribution in [0.3, 0.4) is 0 Å². The van der Waals surface area contributed by atoms with E-state index in [9.17, 15) is 4.79 Å². The summed E-state index contributed by atoms with van der Waals surface area (Å²) in [5, 5.41) is 4.48. The Balaban J connectivity index is 1.89. The molecule has 0 bridgehead atoms. The van der Waals surface area contributed by atoms with Crippen LogP contribution in [-0.4, -0.2) is 30.6 Å². The SMILES string of the molecule is CCOCCCNC(=O)c1c2c(nc3ccc(Cl)cc13)CCC2. The molecule has 5 heteroatoms. The molecule has 122 valence electrons. The number of rotatable bonds is 6. The Hall–Kier alpha value is -1.65. The second kappa shape index (κ2) is 7.28. The fourth-order valence-corrected chi connectivity index (χ4v) is 3.27. The van der Waals surface area contributed by atoms with Gasteiger partial charge in [-0.25, -0.2) is 0 Å². The van der Waals surface area contributed by atoms with Crippen LogP contribution in [0.25, 0.3) is 10.9 Å². The highest BCUT2D eigenvalue weighted by molar-refractivity contribution is 6.31. The third-order valence-corrected chi connectivity index (χ3v) is 4.39. The Morgan fingerprint density at radius 2 is 2.26 bits per heavy atom. The largest absolute Gasteiger partial charge is 0.382 e. The van der Waals surface area contributed by atoms with Gasteiger partial charge in [-0.3, -0.25) is 9.78 Å². The number of ether oxygens (including phenoxy) is 1. The highest BCUT2D eigenvalue weighted by Gasteiger charge is 2.23. The summed E-state index contributed by atoms with van der Waals surface area (Å²) in [7, 11) is 0. The van der Waals surface area contributed by atoms with Crippen LogP contribution in [0.15, 0.2) is 18.2 Å². The van der Waals surface area contributed by atoms with Gasteiger partial charge in [0.25, 0.3) is 5.91 Å². The van der Waals surface area contributed by atoms with Gasteiger partial charge in [-0.05, 0) is 56.4 Å². The first-order valence-electron chi connectivity index (χ1n) is 8.17. The molecule has 0 fully saturated rings. The summed E-state index contributed by atoms with van der Waals surface area (Å²) in [4.78, 5) is 17.4. The molecule has 0 spiro atoms. The average Bonchev–Trinajstić information content (AvgIpc) is 3.00. The van der Waals surface area contributed by atoms with Gasteiger partial charge in [0.2, 0.25) is 0 Å². The Labute approximate surface area is 141 Å². The summed E-state index contributed by atoms with van der Waals surface area (Å²) < 4.78 is 5.30. The molecule has 23 heavy (non-hydrogen) atoms. The maximum Gasteiger partial charge on any atom is 0.252 e. The summed E-state index contributed by atoms with van der Waals surface area (Å²) in [6, 6.07) is 5.56. The Bertz CT molecular complexity index is 731. The van der Waals surface area contributed by atoms with E-state index < -0.39 is 0 Å². The van der Waals surface area contributed by atoms with Crippen LogP contribution in [-0.2, 0) is 17.6 Å². The zero-order valence-electron chi connectivity index (χ0n) is 13.3. The summed E-state index contributed by atoms with van der Waals surface area (Å²) in [6.07, 6.45) is 3.72. The quantitative estimate of drug-likeness (QED) is 0.823. The zero-order valence-corrected chi connectivity index (χ0v) is 14.1. The molecule has 0 saturated carbocycles. The third kappa shape index (κ3) is 3.48. The van der Waals surface area contributed by atoms with Gasteiger partial charge in [-0.2, -0.15) is 0 Å². The van der Waals surface area contributed by atoms with Gasteiger partial charge < -0.3 is 10.1 Å². The number of nitrogens with zero attached hydrogens (tertiary/aromatic N) is 1. The summed E-state index contributed by atoms with van der Waals surface area (Å²) in [5.74, 6) is -0.0330. The number of amides is 1. The van der Waals surface area contributed by atoms with Crippen molar-refractivity contribution in [2.45, 2.75) is 32.6 Å². The van der Waals surface area contributed by atoms with Gasteiger partial charge in [0.05, 0.1) is 11.1 Å². The summed E-state index contributed by atoms with van der Waals surface area (Å²) in [6.45, 7) is 3.94. The van der Waals surface area contributed by atoms with Crippen molar-refractivity contribution in [3.8, 4) is 0 Å². The molecule has 0 aliphatic heterocycles. The lowest BCUT2D eigenvalue weighted by Crippen LogP contribution is -2.27. The minimum absolute atomic E-state index is 0.0330. The molecule has 1 aromatic carbocycles. The van der Waals surface area contributed by atoms with E-state index in [2.05, 4.69) is 5.32 Å². The van der Waals surface area contributed by atoms with Crippen LogP contribution in [0.1, 0.15) is 41.4 Å². The molecule has 2 aromatic rings. The molecule has 1 aliphatic rings. The first-order chi connectivity index (χ1) is 11.2. The average molecular weight is 333 g/mol. The van der Waals surface area contributed by atoms with E-state index in [0.29, 0.717) is 24.8 Å². The van der Waals surface area contributed by atoms with Crippen molar-refractivity contribution in [3.05, 3.63) is 40.0 Å². The van der Waals surface area contributed by atoms with Crippen LogP contribution < -0.4 is 5.32 Å².